The van der Waals surface area contributed by atoms with Crippen LogP contribution in [-0.4, -0.2) is 18.1 Å². The molecular formula is C16H19ClN2. The average Bonchev–Trinajstić information content (AvgIpc) is 3.27. The number of hydrogen-bond donors (Lipinski definition) is 0. The molecule has 1 heterocycles. The van der Waals surface area contributed by atoms with Gasteiger partial charge in [-0.1, -0.05) is 24.3 Å². The Labute approximate surface area is 119 Å². The van der Waals surface area contributed by atoms with Gasteiger partial charge in [0.2, 0.25) is 0 Å². The monoisotopic (exact) mass is 274 g/mol. The maximum atomic E-state index is 5.98. The van der Waals surface area contributed by atoms with Gasteiger partial charge in [-0.15, -0.1) is 11.6 Å². The zero-order valence-electron chi connectivity index (χ0n) is 11.3. The highest BCUT2D eigenvalue weighted by atomic mass is 35.5. The van der Waals surface area contributed by atoms with Crippen LogP contribution in [-0.2, 0) is 5.88 Å². The van der Waals surface area contributed by atoms with Gasteiger partial charge < -0.3 is 4.90 Å². The van der Waals surface area contributed by atoms with Crippen molar-refractivity contribution in [2.24, 2.45) is 5.92 Å². The van der Waals surface area contributed by atoms with E-state index in [4.69, 9.17) is 16.6 Å². The van der Waals surface area contributed by atoms with E-state index in [1.165, 1.54) is 23.6 Å². The first-order valence-corrected chi connectivity index (χ1v) is 7.55. The van der Waals surface area contributed by atoms with Gasteiger partial charge >= 0.3 is 0 Å². The molecule has 3 rings (SSSR count). The summed E-state index contributed by atoms with van der Waals surface area (Å²) in [4.78, 5) is 7.16. The predicted octanol–water partition coefficient (Wildman–Crippen LogP) is 4.21. The van der Waals surface area contributed by atoms with Gasteiger partial charge in [-0.05, 0) is 37.1 Å². The van der Waals surface area contributed by atoms with Gasteiger partial charge in [0.15, 0.2) is 0 Å². The van der Waals surface area contributed by atoms with E-state index in [-0.39, 0.29) is 0 Å². The van der Waals surface area contributed by atoms with Gasteiger partial charge in [0.25, 0.3) is 0 Å². The zero-order chi connectivity index (χ0) is 13.2. The van der Waals surface area contributed by atoms with Gasteiger partial charge in [-0.25, -0.2) is 4.98 Å². The number of hydrogen-bond acceptors (Lipinski definition) is 2. The van der Waals surface area contributed by atoms with Gasteiger partial charge in [0, 0.05) is 18.5 Å². The van der Waals surface area contributed by atoms with Crippen LogP contribution in [0.1, 0.15) is 25.5 Å². The van der Waals surface area contributed by atoms with Crippen LogP contribution in [0.2, 0.25) is 0 Å². The van der Waals surface area contributed by atoms with E-state index < -0.39 is 0 Å². The minimum Gasteiger partial charge on any atom is -0.356 e. The molecule has 0 spiro atoms. The number of halogens is 1. The first-order chi connectivity index (χ1) is 9.31. The SMILES string of the molecule is CCN(CC1CC1)c1nc(CCl)cc2ccccc12. The first kappa shape index (κ1) is 12.7. The Morgan fingerprint density at radius 2 is 2.11 bits per heavy atom. The molecule has 2 aromatic rings. The molecule has 1 aliphatic carbocycles. The summed E-state index contributed by atoms with van der Waals surface area (Å²) in [6.45, 7) is 4.32. The molecule has 0 saturated heterocycles. The molecular weight excluding hydrogens is 256 g/mol. The van der Waals surface area contributed by atoms with Gasteiger partial charge in [0.1, 0.15) is 5.82 Å². The Morgan fingerprint density at radius 1 is 1.32 bits per heavy atom. The fraction of sp³-hybridized carbons (Fsp3) is 0.438. The first-order valence-electron chi connectivity index (χ1n) is 7.01. The molecule has 0 atom stereocenters. The molecule has 3 heteroatoms. The smallest absolute Gasteiger partial charge is 0.136 e. The molecule has 1 fully saturated rings. The quantitative estimate of drug-likeness (QED) is 0.759. The Bertz CT molecular complexity index is 578. The van der Waals surface area contributed by atoms with Crippen molar-refractivity contribution in [3.63, 3.8) is 0 Å². The summed E-state index contributed by atoms with van der Waals surface area (Å²) in [5.41, 5.74) is 0.963. The Kier molecular flexibility index (Phi) is 3.61. The highest BCUT2D eigenvalue weighted by Gasteiger charge is 2.25. The van der Waals surface area contributed by atoms with Gasteiger partial charge in [-0.3, -0.25) is 0 Å². The van der Waals surface area contributed by atoms with E-state index in [0.717, 1.165) is 30.5 Å². The highest BCUT2D eigenvalue weighted by molar-refractivity contribution is 6.17. The van der Waals surface area contributed by atoms with Crippen molar-refractivity contribution in [3.05, 3.63) is 36.0 Å². The summed E-state index contributed by atoms with van der Waals surface area (Å²) >= 11 is 5.98. The van der Waals surface area contributed by atoms with E-state index in [9.17, 15) is 0 Å². The Morgan fingerprint density at radius 3 is 2.79 bits per heavy atom. The molecule has 0 radical (unpaired) electrons. The zero-order valence-corrected chi connectivity index (χ0v) is 12.0. The minimum absolute atomic E-state index is 0.471. The fourth-order valence-corrected chi connectivity index (χ4v) is 2.66. The molecule has 1 aliphatic rings. The van der Waals surface area contributed by atoms with Crippen molar-refractivity contribution >= 4 is 28.2 Å². The summed E-state index contributed by atoms with van der Waals surface area (Å²) in [6.07, 6.45) is 2.73. The van der Waals surface area contributed by atoms with Crippen LogP contribution < -0.4 is 4.90 Å². The van der Waals surface area contributed by atoms with Crippen LogP contribution in [0.15, 0.2) is 30.3 Å². The maximum absolute atomic E-state index is 5.98. The molecule has 2 nitrogen and oxygen atoms in total. The Hall–Kier alpha value is -1.28. The summed E-state index contributed by atoms with van der Waals surface area (Å²) in [7, 11) is 0. The molecule has 0 unspecified atom stereocenters. The van der Waals surface area contributed by atoms with Crippen molar-refractivity contribution in [3.8, 4) is 0 Å². The number of aromatic nitrogens is 1. The van der Waals surface area contributed by atoms with Crippen molar-refractivity contribution in [1.29, 1.82) is 0 Å². The summed E-state index contributed by atoms with van der Waals surface area (Å²) in [5.74, 6) is 2.43. The number of anilines is 1. The molecule has 1 aromatic heterocycles. The van der Waals surface area contributed by atoms with E-state index >= 15 is 0 Å². The van der Waals surface area contributed by atoms with E-state index in [2.05, 4.69) is 42.2 Å². The molecule has 0 bridgehead atoms. The maximum Gasteiger partial charge on any atom is 0.136 e. The molecule has 0 aliphatic heterocycles. The molecule has 100 valence electrons. The summed E-state index contributed by atoms with van der Waals surface area (Å²) < 4.78 is 0. The topological polar surface area (TPSA) is 16.1 Å². The second-order valence-electron chi connectivity index (χ2n) is 5.27. The third-order valence-electron chi connectivity index (χ3n) is 3.77. The molecule has 1 saturated carbocycles. The number of benzene rings is 1. The van der Waals surface area contributed by atoms with Crippen LogP contribution in [0.4, 0.5) is 5.82 Å². The minimum atomic E-state index is 0.471. The molecule has 0 N–H and O–H groups in total. The normalized spacial score (nSPS) is 14.8. The lowest BCUT2D eigenvalue weighted by atomic mass is 10.1. The van der Waals surface area contributed by atoms with E-state index in [1.54, 1.807) is 0 Å². The van der Waals surface area contributed by atoms with Gasteiger partial charge in [0.05, 0.1) is 11.6 Å². The summed E-state index contributed by atoms with van der Waals surface area (Å²) in [5, 5.41) is 2.47. The number of rotatable bonds is 5. The number of pyridine rings is 1. The summed E-state index contributed by atoms with van der Waals surface area (Å²) in [6, 6.07) is 10.5. The number of fused-ring (bicyclic) bond motifs is 1. The largest absolute Gasteiger partial charge is 0.356 e. The van der Waals surface area contributed by atoms with E-state index in [0.29, 0.717) is 5.88 Å². The average molecular weight is 275 g/mol. The van der Waals surface area contributed by atoms with Crippen LogP contribution in [0.3, 0.4) is 0 Å². The molecule has 0 amide bonds. The van der Waals surface area contributed by atoms with E-state index in [1.807, 2.05) is 0 Å². The van der Waals surface area contributed by atoms with Crippen molar-refractivity contribution < 1.29 is 0 Å². The lowest BCUT2D eigenvalue weighted by Crippen LogP contribution is -2.26. The lowest BCUT2D eigenvalue weighted by molar-refractivity contribution is 0.733. The second kappa shape index (κ2) is 5.38. The lowest BCUT2D eigenvalue weighted by Gasteiger charge is -2.24. The number of nitrogens with zero attached hydrogens (tertiary/aromatic N) is 2. The van der Waals surface area contributed by atoms with Crippen LogP contribution in [0, 0.1) is 5.92 Å². The second-order valence-corrected chi connectivity index (χ2v) is 5.54. The molecule has 19 heavy (non-hydrogen) atoms. The van der Waals surface area contributed by atoms with Crippen molar-refractivity contribution in [2.75, 3.05) is 18.0 Å². The predicted molar refractivity (Wildman–Crippen MR) is 81.9 cm³/mol. The standard InChI is InChI=1S/C16H19ClN2/c1-2-19(11-12-7-8-12)16-15-6-4-3-5-13(15)9-14(10-17)18-16/h3-6,9,12H,2,7-8,10-11H2,1H3. The Balaban J connectivity index is 2.07. The highest BCUT2D eigenvalue weighted by Crippen LogP contribution is 2.33. The van der Waals surface area contributed by atoms with Crippen molar-refractivity contribution in [2.45, 2.75) is 25.6 Å². The third kappa shape index (κ3) is 2.69. The number of alkyl halides is 1. The van der Waals surface area contributed by atoms with Crippen LogP contribution in [0.5, 0.6) is 0 Å². The fourth-order valence-electron chi connectivity index (χ4n) is 2.52. The molecule has 1 aromatic carbocycles. The van der Waals surface area contributed by atoms with Crippen LogP contribution in [0.25, 0.3) is 10.8 Å². The third-order valence-corrected chi connectivity index (χ3v) is 4.04. The van der Waals surface area contributed by atoms with Gasteiger partial charge in [-0.2, -0.15) is 0 Å². The van der Waals surface area contributed by atoms with Crippen LogP contribution >= 0.6 is 11.6 Å². The van der Waals surface area contributed by atoms with Crippen molar-refractivity contribution in [1.82, 2.24) is 4.98 Å².